The molecule has 2 aliphatic carbocycles. The molecule has 0 amide bonds. The second kappa shape index (κ2) is 17.5. The van der Waals surface area contributed by atoms with Crippen LogP contribution in [0.5, 0.6) is 11.5 Å². The molecule has 2 fully saturated rings. The third-order valence-electron chi connectivity index (χ3n) is 8.15. The second-order valence-corrected chi connectivity index (χ2v) is 13.7. The second-order valence-electron chi connectivity index (χ2n) is 11.4. The molecule has 4 rings (SSSR count). The summed E-state index contributed by atoms with van der Waals surface area (Å²) < 4.78 is 21.1. The van der Waals surface area contributed by atoms with Gasteiger partial charge in [0.15, 0.2) is 11.5 Å². The van der Waals surface area contributed by atoms with Gasteiger partial charge in [-0.25, -0.2) is 19.2 Å². The van der Waals surface area contributed by atoms with Gasteiger partial charge >= 0.3 is 23.9 Å². The molecule has 0 bridgehead atoms. The highest BCUT2D eigenvalue weighted by atomic mass is 35.5. The average Bonchev–Trinajstić information content (AvgIpc) is 3.74. The summed E-state index contributed by atoms with van der Waals surface area (Å²) in [4.78, 5) is 51.9. The Kier molecular flexibility index (Phi) is 14.0. The summed E-state index contributed by atoms with van der Waals surface area (Å²) in [5, 5.41) is -1.42. The number of halogens is 6. The number of hydrogen-bond donors (Lipinski definition) is 0. The molecule has 2 aliphatic rings. The molecule has 0 aliphatic heterocycles. The lowest BCUT2D eigenvalue weighted by atomic mass is 10.0. The average molecular weight is 757 g/mol. The molecule has 2 aromatic carbocycles. The van der Waals surface area contributed by atoms with Gasteiger partial charge in [0, 0.05) is 0 Å². The molecule has 14 heteroatoms. The van der Waals surface area contributed by atoms with Crippen LogP contribution in [0.2, 0.25) is 30.1 Å². The van der Waals surface area contributed by atoms with Crippen LogP contribution >= 0.6 is 69.6 Å². The highest BCUT2D eigenvalue weighted by molar-refractivity contribution is 6.47. The summed E-state index contributed by atoms with van der Waals surface area (Å²) in [6.45, 7) is 0.168. The first kappa shape index (κ1) is 36.9. The number of hydrogen-bond acceptors (Lipinski definition) is 8. The van der Waals surface area contributed by atoms with E-state index < -0.39 is 46.5 Å². The van der Waals surface area contributed by atoms with Crippen molar-refractivity contribution in [2.45, 2.75) is 77.0 Å². The number of esters is 4. The molecule has 0 N–H and O–H groups in total. The number of rotatable bonds is 12. The van der Waals surface area contributed by atoms with E-state index in [1.165, 1.54) is 25.7 Å². The van der Waals surface area contributed by atoms with Gasteiger partial charge in [-0.05, 0) is 49.7 Å². The molecule has 0 atom stereocenters. The standard InChI is InChI=1S/C32H32Cl6O8/c33-19-15-21(35)27(23(25(19)37)29(39)43-13-5-11-17-7-1-2-8-17)45-31(41)32(42)46-28-22(36)16-20(34)26(38)24(28)30(40)44-14-6-12-18-9-3-4-10-18/h15-18H,1-14H2. The highest BCUT2D eigenvalue weighted by Crippen LogP contribution is 2.42. The van der Waals surface area contributed by atoms with E-state index in [0.717, 1.165) is 50.7 Å². The Balaban J connectivity index is 1.45. The Labute approximate surface area is 297 Å². The number of ether oxygens (including phenoxy) is 4. The lowest BCUT2D eigenvalue weighted by Gasteiger charge is -2.16. The molecule has 250 valence electrons. The minimum atomic E-state index is -1.63. The van der Waals surface area contributed by atoms with Crippen LogP contribution in [-0.4, -0.2) is 37.1 Å². The minimum Gasteiger partial charge on any atom is -0.462 e. The lowest BCUT2D eigenvalue weighted by molar-refractivity contribution is -0.156. The van der Waals surface area contributed by atoms with Crippen LogP contribution in [-0.2, 0) is 19.1 Å². The smallest absolute Gasteiger partial charge is 0.423 e. The van der Waals surface area contributed by atoms with Crippen molar-refractivity contribution in [3.63, 3.8) is 0 Å². The predicted octanol–water partition coefficient (Wildman–Crippen LogP) is 10.4. The van der Waals surface area contributed by atoms with Gasteiger partial charge in [0.05, 0.1) is 43.3 Å². The Bertz CT molecular complexity index is 1360. The summed E-state index contributed by atoms with van der Waals surface area (Å²) in [6.07, 6.45) is 12.4. The lowest BCUT2D eigenvalue weighted by Crippen LogP contribution is -2.27. The highest BCUT2D eigenvalue weighted by Gasteiger charge is 2.32. The molecule has 0 radical (unpaired) electrons. The Morgan fingerprint density at radius 1 is 0.565 bits per heavy atom. The molecule has 2 aromatic rings. The minimum absolute atomic E-state index is 0.0838. The van der Waals surface area contributed by atoms with Crippen LogP contribution in [0, 0.1) is 11.8 Å². The van der Waals surface area contributed by atoms with Gasteiger partial charge in [0.2, 0.25) is 0 Å². The van der Waals surface area contributed by atoms with Crippen LogP contribution < -0.4 is 9.47 Å². The van der Waals surface area contributed by atoms with Gasteiger partial charge in [-0.3, -0.25) is 0 Å². The van der Waals surface area contributed by atoms with Crippen LogP contribution in [0.1, 0.15) is 97.8 Å². The number of carbonyl (C=O) groups is 4. The fourth-order valence-corrected chi connectivity index (χ4v) is 7.24. The maximum Gasteiger partial charge on any atom is 0.423 e. The van der Waals surface area contributed by atoms with E-state index in [1.807, 2.05) is 0 Å². The monoisotopic (exact) mass is 754 g/mol. The maximum absolute atomic E-state index is 13.0. The maximum atomic E-state index is 13.0. The molecule has 2 saturated carbocycles. The number of benzene rings is 2. The molecular weight excluding hydrogens is 725 g/mol. The molecule has 0 saturated heterocycles. The fraction of sp³-hybridized carbons (Fsp3) is 0.500. The van der Waals surface area contributed by atoms with E-state index in [-0.39, 0.29) is 43.3 Å². The van der Waals surface area contributed by atoms with Crippen molar-refractivity contribution >= 4 is 93.5 Å². The zero-order valence-electron chi connectivity index (χ0n) is 24.7. The molecular formula is C32H32Cl6O8. The van der Waals surface area contributed by atoms with Crippen molar-refractivity contribution in [1.29, 1.82) is 0 Å². The van der Waals surface area contributed by atoms with Gasteiger partial charge in [-0.2, -0.15) is 0 Å². The van der Waals surface area contributed by atoms with Gasteiger partial charge in [-0.1, -0.05) is 121 Å². The van der Waals surface area contributed by atoms with E-state index in [1.54, 1.807) is 0 Å². The van der Waals surface area contributed by atoms with E-state index in [9.17, 15) is 19.2 Å². The molecule has 0 spiro atoms. The summed E-state index contributed by atoms with van der Waals surface area (Å²) in [5.74, 6) is -5.12. The Hall–Kier alpha value is -1.94. The first-order valence-electron chi connectivity index (χ1n) is 15.1. The molecule has 0 aromatic heterocycles. The zero-order valence-corrected chi connectivity index (χ0v) is 29.3. The van der Waals surface area contributed by atoms with E-state index in [2.05, 4.69) is 0 Å². The Morgan fingerprint density at radius 3 is 1.26 bits per heavy atom. The molecule has 8 nitrogen and oxygen atoms in total. The SMILES string of the molecule is O=C(Oc1c(Cl)cc(Cl)c(Cl)c1C(=O)OCCCC1CCCC1)C(=O)Oc1c(Cl)cc(Cl)c(Cl)c1C(=O)OCCCC1CCCC1. The van der Waals surface area contributed by atoms with E-state index in [0.29, 0.717) is 24.7 Å². The largest absolute Gasteiger partial charge is 0.462 e. The zero-order chi connectivity index (χ0) is 33.4. The van der Waals surface area contributed by atoms with E-state index >= 15 is 0 Å². The Morgan fingerprint density at radius 2 is 0.913 bits per heavy atom. The quantitative estimate of drug-likeness (QED) is 0.0693. The van der Waals surface area contributed by atoms with E-state index in [4.69, 9.17) is 88.6 Å². The number of carbonyl (C=O) groups excluding carboxylic acids is 4. The summed E-state index contributed by atoms with van der Waals surface area (Å²) >= 11 is 37.3. The normalized spacial score (nSPS) is 15.2. The van der Waals surface area contributed by atoms with Crippen LogP contribution in [0.25, 0.3) is 0 Å². The summed E-state index contributed by atoms with van der Waals surface area (Å²) in [5.41, 5.74) is -0.897. The summed E-state index contributed by atoms with van der Waals surface area (Å²) in [6, 6.07) is 2.26. The van der Waals surface area contributed by atoms with Gasteiger partial charge < -0.3 is 18.9 Å². The van der Waals surface area contributed by atoms with Gasteiger partial charge in [-0.15, -0.1) is 0 Å². The third kappa shape index (κ3) is 9.57. The predicted molar refractivity (Wildman–Crippen MR) is 177 cm³/mol. The van der Waals surface area contributed by atoms with Crippen molar-refractivity contribution in [3.05, 3.63) is 53.4 Å². The molecule has 0 heterocycles. The summed E-state index contributed by atoms with van der Waals surface area (Å²) in [7, 11) is 0. The van der Waals surface area contributed by atoms with Crippen molar-refractivity contribution in [2.24, 2.45) is 11.8 Å². The van der Waals surface area contributed by atoms with Crippen molar-refractivity contribution < 1.29 is 38.1 Å². The molecule has 46 heavy (non-hydrogen) atoms. The molecule has 0 unspecified atom stereocenters. The third-order valence-corrected chi connectivity index (χ3v) is 10.3. The first-order valence-corrected chi connectivity index (χ1v) is 17.4. The van der Waals surface area contributed by atoms with Crippen molar-refractivity contribution in [2.75, 3.05) is 13.2 Å². The van der Waals surface area contributed by atoms with Crippen LogP contribution in [0.3, 0.4) is 0 Å². The van der Waals surface area contributed by atoms with Gasteiger partial charge in [0.25, 0.3) is 0 Å². The van der Waals surface area contributed by atoms with Crippen LogP contribution in [0.15, 0.2) is 12.1 Å². The van der Waals surface area contributed by atoms with Crippen LogP contribution in [0.4, 0.5) is 0 Å². The van der Waals surface area contributed by atoms with Crippen molar-refractivity contribution in [1.82, 2.24) is 0 Å². The van der Waals surface area contributed by atoms with Crippen molar-refractivity contribution in [3.8, 4) is 11.5 Å². The fourth-order valence-electron chi connectivity index (χ4n) is 5.81. The topological polar surface area (TPSA) is 105 Å². The van der Waals surface area contributed by atoms with Gasteiger partial charge in [0.1, 0.15) is 11.1 Å². The first-order chi connectivity index (χ1) is 22.0.